The van der Waals surface area contributed by atoms with Gasteiger partial charge in [-0.2, -0.15) is 0 Å². The smallest absolute Gasteiger partial charge is 1.00 e. The Morgan fingerprint density at radius 2 is 1.88 bits per heavy atom. The zero-order valence-electron chi connectivity index (χ0n) is 16.9. The second kappa shape index (κ2) is 6.42. The molecule has 0 unspecified atom stereocenters. The second-order valence-electron chi connectivity index (χ2n) is 9.45. The van der Waals surface area contributed by atoms with Crippen molar-refractivity contribution in [1.82, 2.24) is 0 Å². The van der Waals surface area contributed by atoms with E-state index in [4.69, 9.17) is 5.73 Å². The number of fused-ring (bicyclic) bond motifs is 5. The number of hydrogen-bond donors (Lipinski definition) is 2. The molecule has 0 aliphatic heterocycles. The predicted molar refractivity (Wildman–Crippen MR) is 96.8 cm³/mol. The molecule has 4 aliphatic rings. The van der Waals surface area contributed by atoms with Crippen LogP contribution in [0.5, 0.6) is 0 Å². The normalized spacial score (nSPS) is 47.2. The summed E-state index contributed by atoms with van der Waals surface area (Å²) in [6.45, 7) is 4.42. The Kier molecular flexibility index (Phi) is 4.95. The van der Waals surface area contributed by atoms with Gasteiger partial charge in [0.2, 0.25) is 0 Å². The number of carbonyl (C=O) groups is 2. The van der Waals surface area contributed by atoms with Crippen molar-refractivity contribution in [2.24, 2.45) is 34.3 Å². The molecule has 0 aromatic rings. The van der Waals surface area contributed by atoms with E-state index >= 15 is 0 Å². The summed E-state index contributed by atoms with van der Waals surface area (Å²) in [5.74, 6) is 1.63. The Morgan fingerprint density at radius 1 is 1.19 bits per heavy atom. The lowest BCUT2D eigenvalue weighted by Gasteiger charge is -2.58. The van der Waals surface area contributed by atoms with Gasteiger partial charge < -0.3 is 23.2 Å². The maximum Gasteiger partial charge on any atom is 1.00 e. The van der Waals surface area contributed by atoms with Crippen LogP contribution in [-0.4, -0.2) is 28.8 Å². The molecule has 4 rings (SSSR count). The molecule has 146 valence electrons. The molecule has 0 saturated heterocycles. The average Bonchev–Trinajstić information content (AvgIpc) is 2.87. The van der Waals surface area contributed by atoms with Crippen molar-refractivity contribution in [3.05, 3.63) is 11.6 Å². The molecule has 0 heterocycles. The number of rotatable bonds is 2. The van der Waals surface area contributed by atoms with E-state index in [2.05, 4.69) is 13.8 Å². The van der Waals surface area contributed by atoms with Crippen molar-refractivity contribution in [2.75, 3.05) is 6.54 Å². The first-order valence-electron chi connectivity index (χ1n) is 9.96. The number of halogens is 1. The van der Waals surface area contributed by atoms with Crippen LogP contribution in [0.25, 0.3) is 0 Å². The summed E-state index contributed by atoms with van der Waals surface area (Å²) in [6, 6.07) is 0. The molecule has 0 aromatic carbocycles. The van der Waals surface area contributed by atoms with E-state index in [1.165, 1.54) is 5.57 Å². The van der Waals surface area contributed by atoms with E-state index < -0.39 is 5.60 Å². The van der Waals surface area contributed by atoms with Gasteiger partial charge in [0.25, 0.3) is 0 Å². The number of allylic oxidation sites excluding steroid dienone is 1. The summed E-state index contributed by atoms with van der Waals surface area (Å²) in [6.07, 6.45) is 9.06. The van der Waals surface area contributed by atoms with Gasteiger partial charge in [-0.05, 0) is 74.2 Å². The third-order valence-corrected chi connectivity index (χ3v) is 8.76. The molecule has 0 bridgehead atoms. The minimum absolute atomic E-state index is 0. The van der Waals surface area contributed by atoms with Crippen molar-refractivity contribution in [3.8, 4) is 0 Å². The van der Waals surface area contributed by atoms with Gasteiger partial charge in [-0.25, -0.2) is 0 Å². The zero-order chi connectivity index (χ0) is 18.0. The number of ketones is 2. The summed E-state index contributed by atoms with van der Waals surface area (Å²) in [5.41, 5.74) is 5.54. The first-order valence-corrected chi connectivity index (χ1v) is 9.96. The van der Waals surface area contributed by atoms with Crippen molar-refractivity contribution in [1.29, 1.82) is 0 Å². The monoisotopic (exact) mass is 381 g/mol. The van der Waals surface area contributed by atoms with Crippen LogP contribution in [-0.2, 0) is 9.59 Å². The topological polar surface area (TPSA) is 80.4 Å². The Labute approximate surface area is 163 Å². The molecule has 26 heavy (non-hydrogen) atoms. The lowest BCUT2D eigenvalue weighted by Crippen LogP contribution is -3.00. The minimum Gasteiger partial charge on any atom is -1.00 e. The van der Waals surface area contributed by atoms with Gasteiger partial charge in [0.15, 0.2) is 11.6 Å². The molecule has 3 fully saturated rings. The Hall–Kier alpha value is -0.710. The molecule has 5 heteroatoms. The molecule has 3 N–H and O–H groups in total. The van der Waals surface area contributed by atoms with Crippen LogP contribution in [0.4, 0.5) is 0 Å². The van der Waals surface area contributed by atoms with Crippen molar-refractivity contribution in [3.63, 3.8) is 0 Å². The highest BCUT2D eigenvalue weighted by Crippen LogP contribution is 2.67. The van der Waals surface area contributed by atoms with Crippen molar-refractivity contribution in [2.45, 2.75) is 70.8 Å². The van der Waals surface area contributed by atoms with E-state index in [9.17, 15) is 14.7 Å². The van der Waals surface area contributed by atoms with Gasteiger partial charge in [0.05, 0.1) is 6.54 Å². The van der Waals surface area contributed by atoms with Gasteiger partial charge in [0.1, 0.15) is 5.60 Å². The molecule has 4 nitrogen and oxygen atoms in total. The minimum atomic E-state index is -1.24. The fourth-order valence-corrected chi connectivity index (χ4v) is 7.20. The summed E-state index contributed by atoms with van der Waals surface area (Å²) in [5, 5.41) is 11.3. The van der Waals surface area contributed by atoms with E-state index in [0.29, 0.717) is 30.6 Å². The van der Waals surface area contributed by atoms with Gasteiger partial charge in [-0.15, -0.1) is 0 Å². The Morgan fingerprint density at radius 3 is 2.58 bits per heavy atom. The average molecular weight is 382 g/mol. The van der Waals surface area contributed by atoms with Gasteiger partial charge >= 0.3 is 1.43 Å². The molecule has 0 radical (unpaired) electrons. The van der Waals surface area contributed by atoms with Crippen LogP contribution < -0.4 is 18.1 Å². The SMILES string of the molecule is C[C@]12CCC(=O)C=C1CC[C@@H]1[C@@H]2CC[C@@]2(C)[C@H]1CC[C@]2(O)C(=O)CN.[Cl-].[H+]. The summed E-state index contributed by atoms with van der Waals surface area (Å²) >= 11 is 0. The molecular formula is C21H32ClNO3. The van der Waals surface area contributed by atoms with Crippen molar-refractivity contribution < 1.29 is 28.5 Å². The Balaban J connectivity index is 0.00000131. The number of carbonyl (C=O) groups excluding carboxylic acids is 2. The lowest BCUT2D eigenvalue weighted by molar-refractivity contribution is -0.160. The van der Waals surface area contributed by atoms with E-state index in [0.717, 1.165) is 38.5 Å². The van der Waals surface area contributed by atoms with Crippen LogP contribution >= 0.6 is 0 Å². The third kappa shape index (κ3) is 2.41. The van der Waals surface area contributed by atoms with Gasteiger partial charge in [-0.1, -0.05) is 19.4 Å². The number of nitrogens with two attached hydrogens (primary N) is 1. The highest BCUT2D eigenvalue weighted by atomic mass is 35.5. The molecule has 0 spiro atoms. The van der Waals surface area contributed by atoms with Crippen molar-refractivity contribution >= 4 is 11.6 Å². The van der Waals surface area contributed by atoms with Gasteiger partial charge in [0, 0.05) is 11.8 Å². The molecule has 6 atom stereocenters. The molecular weight excluding hydrogens is 350 g/mol. The van der Waals surface area contributed by atoms with Crippen LogP contribution in [0, 0.1) is 28.6 Å². The first kappa shape index (κ1) is 20.0. The maximum atomic E-state index is 12.5. The van der Waals surface area contributed by atoms with E-state index in [1.807, 2.05) is 6.08 Å². The standard InChI is InChI=1S/C21H31NO3.ClH/c1-19-8-5-14(23)11-13(19)3-4-15-16(19)6-9-20(2)17(15)7-10-21(20,25)18(24)12-22;/h11,15-17,25H,3-10,12,22H2,1-2H3;1H/t15-,16+,17+,19+,20+,21+;/m1./s1. The van der Waals surface area contributed by atoms with E-state index in [-0.39, 0.29) is 42.8 Å². The van der Waals surface area contributed by atoms with Crippen LogP contribution in [0.15, 0.2) is 11.6 Å². The quantitative estimate of drug-likeness (QED) is 0.699. The van der Waals surface area contributed by atoms with Crippen LogP contribution in [0.3, 0.4) is 0 Å². The highest BCUT2D eigenvalue weighted by Gasteiger charge is 2.65. The lowest BCUT2D eigenvalue weighted by atomic mass is 9.46. The summed E-state index contributed by atoms with van der Waals surface area (Å²) < 4.78 is 0. The largest absolute Gasteiger partial charge is 1.00 e. The first-order chi connectivity index (χ1) is 11.8. The number of Topliss-reactive ketones (excluding diaryl/α,β-unsaturated/α-hetero) is 1. The fourth-order valence-electron chi connectivity index (χ4n) is 7.20. The molecule has 0 aromatic heterocycles. The number of hydrogen-bond acceptors (Lipinski definition) is 4. The predicted octanol–water partition coefficient (Wildman–Crippen LogP) is -0.106. The third-order valence-electron chi connectivity index (χ3n) is 8.76. The number of aliphatic hydroxyl groups is 1. The molecule has 3 saturated carbocycles. The highest BCUT2D eigenvalue weighted by molar-refractivity contribution is 5.92. The summed E-state index contributed by atoms with van der Waals surface area (Å²) in [4.78, 5) is 24.3. The van der Waals surface area contributed by atoms with Crippen LogP contribution in [0.2, 0.25) is 0 Å². The maximum absolute atomic E-state index is 12.5. The second-order valence-corrected chi connectivity index (χ2v) is 9.45. The Bertz CT molecular complexity index is 668. The van der Waals surface area contributed by atoms with E-state index in [1.54, 1.807) is 0 Å². The molecule has 0 amide bonds. The van der Waals surface area contributed by atoms with Crippen LogP contribution in [0.1, 0.15) is 66.6 Å². The molecule has 4 aliphatic carbocycles. The zero-order valence-corrected chi connectivity index (χ0v) is 16.6. The fraction of sp³-hybridized carbons (Fsp3) is 0.810. The summed E-state index contributed by atoms with van der Waals surface area (Å²) in [7, 11) is 0. The van der Waals surface area contributed by atoms with Gasteiger partial charge in [-0.3, -0.25) is 9.59 Å².